The number of hydrogen-bond donors (Lipinski definition) is 2. The van der Waals surface area contributed by atoms with Crippen LogP contribution in [0, 0.1) is 11.6 Å². The molecule has 0 aliphatic heterocycles. The van der Waals surface area contributed by atoms with E-state index in [2.05, 4.69) is 5.32 Å². The molecular weight excluding hydrogens is 272 g/mol. The van der Waals surface area contributed by atoms with Crippen molar-refractivity contribution in [1.29, 1.82) is 0 Å². The highest BCUT2D eigenvalue weighted by atomic mass is 32.2. The number of halogens is 2. The molecule has 2 aromatic rings. The second-order valence-electron chi connectivity index (χ2n) is 3.63. The van der Waals surface area contributed by atoms with Crippen molar-refractivity contribution < 1.29 is 18.7 Å². The summed E-state index contributed by atoms with van der Waals surface area (Å²) in [6.07, 6.45) is 0. The minimum Gasteiger partial charge on any atom is -0.508 e. The van der Waals surface area contributed by atoms with E-state index in [0.717, 1.165) is 30.0 Å². The number of nitrogens with one attached hydrogen (secondary N) is 1. The molecule has 0 unspecified atom stereocenters. The summed E-state index contributed by atoms with van der Waals surface area (Å²) in [7, 11) is 0. The van der Waals surface area contributed by atoms with Crippen LogP contribution in [0.1, 0.15) is 0 Å². The molecule has 19 heavy (non-hydrogen) atoms. The molecule has 0 saturated heterocycles. The Labute approximate surface area is 112 Å². The van der Waals surface area contributed by atoms with Crippen molar-refractivity contribution >= 4 is 22.7 Å². The number of benzene rings is 2. The topological polar surface area (TPSA) is 49.3 Å². The van der Waals surface area contributed by atoms with E-state index in [4.69, 9.17) is 5.11 Å². The molecule has 2 aromatic carbocycles. The van der Waals surface area contributed by atoms with Gasteiger partial charge in [0.25, 0.3) is 5.24 Å². The van der Waals surface area contributed by atoms with Crippen LogP contribution in [0.5, 0.6) is 5.75 Å². The van der Waals surface area contributed by atoms with Crippen molar-refractivity contribution in [2.45, 2.75) is 4.90 Å². The van der Waals surface area contributed by atoms with Crippen LogP contribution < -0.4 is 5.32 Å². The smallest absolute Gasteiger partial charge is 0.288 e. The third-order valence-corrected chi connectivity index (χ3v) is 3.01. The van der Waals surface area contributed by atoms with Crippen molar-refractivity contribution in [2.75, 3.05) is 5.32 Å². The van der Waals surface area contributed by atoms with Crippen LogP contribution in [0.25, 0.3) is 0 Å². The van der Waals surface area contributed by atoms with Gasteiger partial charge in [0.05, 0.1) is 5.69 Å². The van der Waals surface area contributed by atoms with Crippen LogP contribution in [0.2, 0.25) is 0 Å². The molecule has 0 spiro atoms. The van der Waals surface area contributed by atoms with Crippen molar-refractivity contribution in [3.05, 3.63) is 54.1 Å². The molecule has 2 rings (SSSR count). The molecule has 0 bridgehead atoms. The van der Waals surface area contributed by atoms with E-state index < -0.39 is 16.9 Å². The van der Waals surface area contributed by atoms with Crippen LogP contribution in [0.3, 0.4) is 0 Å². The maximum absolute atomic E-state index is 13.3. The summed E-state index contributed by atoms with van der Waals surface area (Å²) in [5, 5.41) is 10.8. The number of rotatable bonds is 2. The first kappa shape index (κ1) is 13.4. The predicted octanol–water partition coefficient (Wildman–Crippen LogP) is 3.99. The van der Waals surface area contributed by atoms with Gasteiger partial charge < -0.3 is 10.4 Å². The van der Waals surface area contributed by atoms with Crippen molar-refractivity contribution in [3.8, 4) is 5.75 Å². The Morgan fingerprint density at radius 2 is 1.79 bits per heavy atom. The van der Waals surface area contributed by atoms with Crippen molar-refractivity contribution in [1.82, 2.24) is 0 Å². The highest BCUT2D eigenvalue weighted by molar-refractivity contribution is 8.13. The van der Waals surface area contributed by atoms with E-state index >= 15 is 0 Å². The molecule has 0 aliphatic carbocycles. The van der Waals surface area contributed by atoms with Crippen LogP contribution >= 0.6 is 11.8 Å². The lowest BCUT2D eigenvalue weighted by Gasteiger charge is -2.06. The molecule has 3 nitrogen and oxygen atoms in total. The number of aromatic hydroxyl groups is 1. The number of phenols is 1. The Bertz CT molecular complexity index is 602. The number of amides is 1. The van der Waals surface area contributed by atoms with E-state index in [1.807, 2.05) is 0 Å². The fourth-order valence-corrected chi connectivity index (χ4v) is 2.00. The summed E-state index contributed by atoms with van der Waals surface area (Å²) >= 11 is 0.811. The highest BCUT2D eigenvalue weighted by Gasteiger charge is 2.09. The zero-order valence-electron chi connectivity index (χ0n) is 9.56. The molecule has 6 heteroatoms. The molecule has 2 N–H and O–H groups in total. The third-order valence-electron chi connectivity index (χ3n) is 2.21. The fraction of sp³-hybridized carbons (Fsp3) is 0. The van der Waals surface area contributed by atoms with Gasteiger partial charge in [-0.25, -0.2) is 8.78 Å². The van der Waals surface area contributed by atoms with Gasteiger partial charge in [-0.2, -0.15) is 0 Å². The summed E-state index contributed by atoms with van der Waals surface area (Å²) in [6, 6.07) is 8.76. The summed E-state index contributed by atoms with van der Waals surface area (Å²) in [5.74, 6) is -1.26. The lowest BCUT2D eigenvalue weighted by atomic mass is 10.3. The summed E-state index contributed by atoms with van der Waals surface area (Å²) < 4.78 is 26.2. The SMILES string of the molecule is O=C(Nc1cc(F)ccc1F)Sc1ccc(O)cc1. The molecular formula is C13H9F2NO2S. The zero-order chi connectivity index (χ0) is 13.8. The van der Waals surface area contributed by atoms with E-state index in [1.165, 1.54) is 12.1 Å². The quantitative estimate of drug-likeness (QED) is 0.818. The van der Waals surface area contributed by atoms with Gasteiger partial charge in [0, 0.05) is 11.0 Å². The van der Waals surface area contributed by atoms with Crippen molar-refractivity contribution in [3.63, 3.8) is 0 Å². The van der Waals surface area contributed by atoms with E-state index in [0.29, 0.717) is 4.90 Å². The van der Waals surface area contributed by atoms with Gasteiger partial charge in [-0.3, -0.25) is 4.79 Å². The monoisotopic (exact) mass is 281 g/mol. The number of thioether (sulfide) groups is 1. The zero-order valence-corrected chi connectivity index (χ0v) is 10.4. The first-order valence-corrected chi connectivity index (χ1v) is 6.09. The molecule has 0 aliphatic rings. The average Bonchev–Trinajstić information content (AvgIpc) is 2.37. The summed E-state index contributed by atoms with van der Waals surface area (Å²) in [4.78, 5) is 12.2. The molecule has 98 valence electrons. The van der Waals surface area contributed by atoms with Crippen LogP contribution in [0.4, 0.5) is 19.3 Å². The Morgan fingerprint density at radius 3 is 2.47 bits per heavy atom. The Balaban J connectivity index is 2.05. The summed E-state index contributed by atoms with van der Waals surface area (Å²) in [6.45, 7) is 0. The largest absolute Gasteiger partial charge is 0.508 e. The second kappa shape index (κ2) is 5.71. The average molecular weight is 281 g/mol. The van der Waals surface area contributed by atoms with Crippen LogP contribution in [-0.4, -0.2) is 10.3 Å². The van der Waals surface area contributed by atoms with Gasteiger partial charge in [0.2, 0.25) is 0 Å². The first-order chi connectivity index (χ1) is 9.04. The van der Waals surface area contributed by atoms with E-state index in [9.17, 15) is 13.6 Å². The van der Waals surface area contributed by atoms with E-state index in [1.54, 1.807) is 12.1 Å². The number of anilines is 1. The fourth-order valence-electron chi connectivity index (χ4n) is 1.35. The molecule has 0 fully saturated rings. The Morgan fingerprint density at radius 1 is 1.11 bits per heavy atom. The summed E-state index contributed by atoms with van der Waals surface area (Å²) in [5.41, 5.74) is -0.212. The van der Waals surface area contributed by atoms with Crippen LogP contribution in [0.15, 0.2) is 47.4 Å². The Hall–Kier alpha value is -2.08. The van der Waals surface area contributed by atoms with Gasteiger partial charge in [-0.15, -0.1) is 0 Å². The van der Waals surface area contributed by atoms with Gasteiger partial charge in [-0.05, 0) is 48.2 Å². The van der Waals surface area contributed by atoms with Crippen molar-refractivity contribution in [2.24, 2.45) is 0 Å². The highest BCUT2D eigenvalue weighted by Crippen LogP contribution is 2.24. The first-order valence-electron chi connectivity index (χ1n) is 5.27. The standard InChI is InChI=1S/C13H9F2NO2S/c14-8-1-6-11(15)12(7-8)16-13(18)19-10-4-2-9(17)3-5-10/h1-7,17H,(H,16,18). The molecule has 0 radical (unpaired) electrons. The maximum atomic E-state index is 13.3. The molecule has 1 amide bonds. The number of phenolic OH excluding ortho intramolecular Hbond substituents is 1. The van der Waals surface area contributed by atoms with Gasteiger partial charge in [0.15, 0.2) is 0 Å². The maximum Gasteiger partial charge on any atom is 0.288 e. The van der Waals surface area contributed by atoms with Crippen LogP contribution in [-0.2, 0) is 0 Å². The minimum absolute atomic E-state index is 0.0842. The Kier molecular flexibility index (Phi) is 4.01. The molecule has 0 aromatic heterocycles. The molecule has 0 saturated carbocycles. The number of hydrogen-bond acceptors (Lipinski definition) is 3. The minimum atomic E-state index is -0.707. The normalized spacial score (nSPS) is 10.2. The van der Waals surface area contributed by atoms with E-state index in [-0.39, 0.29) is 11.4 Å². The van der Waals surface area contributed by atoms with Gasteiger partial charge >= 0.3 is 0 Å². The third kappa shape index (κ3) is 3.69. The van der Waals surface area contributed by atoms with Gasteiger partial charge in [0.1, 0.15) is 17.4 Å². The molecule has 0 atom stereocenters. The number of carbonyl (C=O) groups excluding carboxylic acids is 1. The number of carbonyl (C=O) groups is 1. The predicted molar refractivity (Wildman–Crippen MR) is 69.3 cm³/mol. The molecule has 0 heterocycles. The lowest BCUT2D eigenvalue weighted by molar-refractivity contribution is 0.269. The second-order valence-corrected chi connectivity index (χ2v) is 4.68. The van der Waals surface area contributed by atoms with Gasteiger partial charge in [-0.1, -0.05) is 0 Å². The lowest BCUT2D eigenvalue weighted by Crippen LogP contribution is -2.06.